The van der Waals surface area contributed by atoms with Crippen molar-refractivity contribution in [1.29, 1.82) is 5.26 Å². The van der Waals surface area contributed by atoms with Gasteiger partial charge in [-0.1, -0.05) is 25.1 Å². The van der Waals surface area contributed by atoms with Crippen molar-refractivity contribution in [3.05, 3.63) is 71.7 Å². The summed E-state index contributed by atoms with van der Waals surface area (Å²) in [5.41, 5.74) is 4.80. The number of benzene rings is 2. The van der Waals surface area contributed by atoms with E-state index < -0.39 is 0 Å². The summed E-state index contributed by atoms with van der Waals surface area (Å²) in [5.74, 6) is 0.585. The number of amides is 1. The van der Waals surface area contributed by atoms with E-state index >= 15 is 0 Å². The van der Waals surface area contributed by atoms with E-state index in [9.17, 15) is 10.1 Å². The first-order chi connectivity index (χ1) is 15.7. The van der Waals surface area contributed by atoms with Crippen LogP contribution >= 0.6 is 0 Å². The largest absolute Gasteiger partial charge is 0.378 e. The maximum absolute atomic E-state index is 11.7. The molecule has 1 saturated heterocycles. The molecular formula is C25H25N5O2. The smallest absolute Gasteiger partial charge is 0.224 e. The number of hydrogen-bond donors (Lipinski definition) is 1. The van der Waals surface area contributed by atoms with Crippen LogP contribution in [-0.2, 0) is 16.0 Å². The van der Waals surface area contributed by atoms with Crippen LogP contribution in [0.25, 0.3) is 11.3 Å². The minimum absolute atomic E-state index is 0.127. The minimum Gasteiger partial charge on any atom is -0.378 e. The number of nitrogens with zero attached hydrogens (tertiary/aromatic N) is 4. The lowest BCUT2D eigenvalue weighted by atomic mass is 10.1. The van der Waals surface area contributed by atoms with E-state index in [1.807, 2.05) is 12.1 Å². The molecule has 0 unspecified atom stereocenters. The fraction of sp³-hybridized carbons (Fsp3) is 0.280. The molecule has 1 aromatic heterocycles. The van der Waals surface area contributed by atoms with Crippen molar-refractivity contribution in [3.63, 3.8) is 0 Å². The number of hydrogen-bond acceptors (Lipinski definition) is 6. The second-order valence-electron chi connectivity index (χ2n) is 7.57. The Kier molecular flexibility index (Phi) is 6.73. The number of morpholine rings is 1. The van der Waals surface area contributed by atoms with Gasteiger partial charge in [-0.15, -0.1) is 0 Å². The van der Waals surface area contributed by atoms with Gasteiger partial charge in [0.25, 0.3) is 0 Å². The standard InChI is InChI=1S/C25H25N5O2/c1-2-25(31)29-22-8-5-19(16-20(22)17-26)23-9-10-27-24(28-23)15-18-3-6-21(7-4-18)30-11-13-32-14-12-30/h3-10,16H,2,11-15H2,1H3,(H,29,31). The maximum Gasteiger partial charge on any atom is 0.224 e. The number of anilines is 2. The summed E-state index contributed by atoms with van der Waals surface area (Å²) >= 11 is 0. The van der Waals surface area contributed by atoms with Crippen LogP contribution in [0.1, 0.15) is 30.3 Å². The Morgan fingerprint density at radius 3 is 2.66 bits per heavy atom. The van der Waals surface area contributed by atoms with Crippen LogP contribution in [-0.4, -0.2) is 42.2 Å². The average molecular weight is 428 g/mol. The van der Waals surface area contributed by atoms with Gasteiger partial charge in [0.1, 0.15) is 11.9 Å². The topological polar surface area (TPSA) is 91.1 Å². The van der Waals surface area contributed by atoms with Crippen LogP contribution < -0.4 is 10.2 Å². The Morgan fingerprint density at radius 1 is 1.16 bits per heavy atom. The lowest BCUT2D eigenvalue weighted by molar-refractivity contribution is -0.115. The molecule has 3 aromatic rings. The molecule has 4 rings (SSSR count). The maximum atomic E-state index is 11.7. The quantitative estimate of drug-likeness (QED) is 0.644. The Morgan fingerprint density at radius 2 is 1.94 bits per heavy atom. The van der Waals surface area contributed by atoms with Crippen molar-refractivity contribution in [2.24, 2.45) is 0 Å². The second kappa shape index (κ2) is 10.0. The number of carbonyl (C=O) groups excluding carboxylic acids is 1. The Balaban J connectivity index is 1.50. The molecule has 1 aliphatic heterocycles. The third kappa shape index (κ3) is 5.10. The summed E-state index contributed by atoms with van der Waals surface area (Å²) in [7, 11) is 0. The summed E-state index contributed by atoms with van der Waals surface area (Å²) in [6.45, 7) is 5.13. The molecule has 0 aliphatic carbocycles. The number of nitrogens with one attached hydrogen (secondary N) is 1. The number of rotatable bonds is 6. The highest BCUT2D eigenvalue weighted by Crippen LogP contribution is 2.24. The Labute approximate surface area is 187 Å². The van der Waals surface area contributed by atoms with Crippen molar-refractivity contribution < 1.29 is 9.53 Å². The van der Waals surface area contributed by atoms with Gasteiger partial charge < -0.3 is 15.0 Å². The second-order valence-corrected chi connectivity index (χ2v) is 7.57. The van der Waals surface area contributed by atoms with Gasteiger partial charge >= 0.3 is 0 Å². The van der Waals surface area contributed by atoms with E-state index in [4.69, 9.17) is 9.72 Å². The molecule has 0 bridgehead atoms. The molecule has 162 valence electrons. The third-order valence-electron chi connectivity index (χ3n) is 5.41. The predicted molar refractivity (Wildman–Crippen MR) is 123 cm³/mol. The van der Waals surface area contributed by atoms with E-state index in [0.29, 0.717) is 29.9 Å². The lowest BCUT2D eigenvalue weighted by Crippen LogP contribution is -2.36. The van der Waals surface area contributed by atoms with Crippen LogP contribution in [0, 0.1) is 11.3 Å². The van der Waals surface area contributed by atoms with Crippen molar-refractivity contribution in [1.82, 2.24) is 9.97 Å². The van der Waals surface area contributed by atoms with Crippen LogP contribution in [0.15, 0.2) is 54.7 Å². The van der Waals surface area contributed by atoms with Gasteiger partial charge in [-0.3, -0.25) is 4.79 Å². The zero-order chi connectivity index (χ0) is 22.3. The lowest BCUT2D eigenvalue weighted by Gasteiger charge is -2.28. The molecular weight excluding hydrogens is 402 g/mol. The molecule has 32 heavy (non-hydrogen) atoms. The van der Waals surface area contributed by atoms with E-state index in [0.717, 1.165) is 43.1 Å². The van der Waals surface area contributed by atoms with Crippen molar-refractivity contribution in [2.45, 2.75) is 19.8 Å². The van der Waals surface area contributed by atoms with Gasteiger partial charge in [-0.05, 0) is 35.9 Å². The summed E-state index contributed by atoms with van der Waals surface area (Å²) in [6.07, 6.45) is 2.71. The molecule has 1 aliphatic rings. The molecule has 7 nitrogen and oxygen atoms in total. The van der Waals surface area contributed by atoms with Gasteiger partial charge in [0.2, 0.25) is 5.91 Å². The number of carbonyl (C=O) groups is 1. The summed E-state index contributed by atoms with van der Waals surface area (Å²) < 4.78 is 5.42. The number of aromatic nitrogens is 2. The molecule has 0 radical (unpaired) electrons. The number of ether oxygens (including phenoxy) is 1. The average Bonchev–Trinajstić information content (AvgIpc) is 2.85. The summed E-state index contributed by atoms with van der Waals surface area (Å²) in [4.78, 5) is 23.1. The zero-order valence-electron chi connectivity index (χ0n) is 18.0. The first-order valence-electron chi connectivity index (χ1n) is 10.7. The molecule has 7 heteroatoms. The minimum atomic E-state index is -0.127. The van der Waals surface area contributed by atoms with Gasteiger partial charge in [0.15, 0.2) is 0 Å². The van der Waals surface area contributed by atoms with E-state index in [2.05, 4.69) is 45.5 Å². The SMILES string of the molecule is CCC(=O)Nc1ccc(-c2ccnc(Cc3ccc(N4CCOCC4)cc3)n2)cc1C#N. The molecule has 0 spiro atoms. The molecule has 1 fully saturated rings. The van der Waals surface area contributed by atoms with E-state index in [1.54, 1.807) is 25.3 Å². The number of nitriles is 1. The first-order valence-corrected chi connectivity index (χ1v) is 10.7. The Hall–Kier alpha value is -3.76. The summed E-state index contributed by atoms with van der Waals surface area (Å²) in [6, 6.07) is 17.8. The fourth-order valence-electron chi connectivity index (χ4n) is 3.62. The van der Waals surface area contributed by atoms with Crippen LogP contribution in [0.2, 0.25) is 0 Å². The molecule has 2 heterocycles. The summed E-state index contributed by atoms with van der Waals surface area (Å²) in [5, 5.41) is 12.3. The highest BCUT2D eigenvalue weighted by Gasteiger charge is 2.12. The molecule has 1 N–H and O–H groups in total. The van der Waals surface area contributed by atoms with Crippen LogP contribution in [0.3, 0.4) is 0 Å². The highest BCUT2D eigenvalue weighted by molar-refractivity contribution is 5.92. The van der Waals surface area contributed by atoms with E-state index in [-0.39, 0.29) is 5.91 Å². The van der Waals surface area contributed by atoms with Gasteiger partial charge in [-0.2, -0.15) is 5.26 Å². The highest BCUT2D eigenvalue weighted by atomic mass is 16.5. The predicted octanol–water partition coefficient (Wildman–Crippen LogP) is 3.79. The molecule has 0 atom stereocenters. The molecule has 1 amide bonds. The van der Waals surface area contributed by atoms with E-state index in [1.165, 1.54) is 5.69 Å². The van der Waals surface area contributed by atoms with Crippen molar-refractivity contribution in [3.8, 4) is 17.3 Å². The monoisotopic (exact) mass is 427 g/mol. The van der Waals surface area contributed by atoms with Gasteiger partial charge in [-0.25, -0.2) is 9.97 Å². The van der Waals surface area contributed by atoms with Crippen molar-refractivity contribution >= 4 is 17.3 Å². The van der Waals surface area contributed by atoms with Crippen molar-refractivity contribution in [2.75, 3.05) is 36.5 Å². The normalized spacial score (nSPS) is 13.4. The van der Waals surface area contributed by atoms with Gasteiger partial charge in [0.05, 0.1) is 30.2 Å². The Bertz CT molecular complexity index is 1130. The molecule has 2 aromatic carbocycles. The first kappa shape index (κ1) is 21.5. The van der Waals surface area contributed by atoms with Crippen LogP contribution in [0.4, 0.5) is 11.4 Å². The van der Waals surface area contributed by atoms with Crippen LogP contribution in [0.5, 0.6) is 0 Å². The third-order valence-corrected chi connectivity index (χ3v) is 5.41. The van der Waals surface area contributed by atoms with Gasteiger partial charge in [0, 0.05) is 43.4 Å². The molecule has 0 saturated carbocycles. The fourth-order valence-corrected chi connectivity index (χ4v) is 3.62. The zero-order valence-corrected chi connectivity index (χ0v) is 18.0.